The van der Waals surface area contributed by atoms with Gasteiger partial charge in [-0.05, 0) is 30.4 Å². The Morgan fingerprint density at radius 2 is 1.84 bits per heavy atom. The molecule has 0 saturated carbocycles. The van der Waals surface area contributed by atoms with Crippen molar-refractivity contribution in [2.45, 2.75) is 53.2 Å². The Labute approximate surface area is 122 Å². The van der Waals surface area contributed by atoms with Crippen molar-refractivity contribution < 1.29 is 0 Å². The van der Waals surface area contributed by atoms with E-state index in [0.29, 0.717) is 6.04 Å². The van der Waals surface area contributed by atoms with Crippen LogP contribution >= 0.6 is 11.3 Å². The Morgan fingerprint density at radius 3 is 2.47 bits per heavy atom. The first-order valence-corrected chi connectivity index (χ1v) is 8.38. The summed E-state index contributed by atoms with van der Waals surface area (Å²) in [5.41, 5.74) is 0. The van der Waals surface area contributed by atoms with Gasteiger partial charge in [0.2, 0.25) is 0 Å². The average molecular weight is 280 g/mol. The molecule has 0 aliphatic carbocycles. The van der Waals surface area contributed by atoms with Gasteiger partial charge in [-0.3, -0.25) is 4.90 Å². The summed E-state index contributed by atoms with van der Waals surface area (Å²) in [4.78, 5) is 5.60. The molecule has 1 aliphatic heterocycles. The van der Waals surface area contributed by atoms with E-state index in [4.69, 9.17) is 0 Å². The van der Waals surface area contributed by atoms with Crippen molar-refractivity contribution in [2.24, 2.45) is 11.8 Å². The maximum Gasteiger partial charge on any atom is 0.0328 e. The lowest BCUT2D eigenvalue weighted by molar-refractivity contribution is 0.135. The van der Waals surface area contributed by atoms with Crippen molar-refractivity contribution in [2.75, 3.05) is 13.1 Å². The molecule has 1 saturated heterocycles. The second-order valence-electron chi connectivity index (χ2n) is 6.54. The van der Waals surface area contributed by atoms with Crippen LogP contribution in [-0.2, 0) is 13.1 Å². The molecule has 0 bridgehead atoms. The maximum absolute atomic E-state index is 3.49. The van der Waals surface area contributed by atoms with E-state index in [9.17, 15) is 0 Å². The molecule has 19 heavy (non-hydrogen) atoms. The number of nitrogens with one attached hydrogen (secondary N) is 1. The zero-order valence-corrected chi connectivity index (χ0v) is 13.6. The van der Waals surface area contributed by atoms with E-state index in [-0.39, 0.29) is 0 Å². The second kappa shape index (κ2) is 6.87. The first-order valence-electron chi connectivity index (χ1n) is 7.56. The van der Waals surface area contributed by atoms with E-state index in [0.717, 1.165) is 24.9 Å². The lowest BCUT2D eigenvalue weighted by Crippen LogP contribution is -2.37. The van der Waals surface area contributed by atoms with E-state index in [1.54, 1.807) is 0 Å². The molecule has 1 fully saturated rings. The molecular weight excluding hydrogens is 252 g/mol. The van der Waals surface area contributed by atoms with Crippen LogP contribution < -0.4 is 5.32 Å². The fourth-order valence-corrected chi connectivity index (χ4v) is 4.06. The highest BCUT2D eigenvalue weighted by molar-refractivity contribution is 7.11. The third-order valence-corrected chi connectivity index (χ3v) is 4.80. The van der Waals surface area contributed by atoms with E-state index < -0.39 is 0 Å². The largest absolute Gasteiger partial charge is 0.310 e. The summed E-state index contributed by atoms with van der Waals surface area (Å²) in [6.45, 7) is 13.8. The Morgan fingerprint density at radius 1 is 1.21 bits per heavy atom. The minimum Gasteiger partial charge on any atom is -0.310 e. The molecule has 0 aromatic carbocycles. The molecule has 1 N–H and O–H groups in total. The van der Waals surface area contributed by atoms with Crippen LogP contribution in [0.15, 0.2) is 12.1 Å². The molecule has 0 amide bonds. The van der Waals surface area contributed by atoms with Crippen molar-refractivity contribution in [3.05, 3.63) is 21.9 Å². The van der Waals surface area contributed by atoms with Crippen LogP contribution in [0.2, 0.25) is 0 Å². The van der Waals surface area contributed by atoms with Gasteiger partial charge < -0.3 is 5.32 Å². The minimum absolute atomic E-state index is 0.564. The number of piperidine rings is 1. The van der Waals surface area contributed by atoms with Gasteiger partial charge in [0.25, 0.3) is 0 Å². The first-order chi connectivity index (χ1) is 9.02. The molecule has 0 spiro atoms. The zero-order valence-electron chi connectivity index (χ0n) is 12.8. The smallest absolute Gasteiger partial charge is 0.0328 e. The van der Waals surface area contributed by atoms with Crippen LogP contribution in [0.1, 0.15) is 43.9 Å². The Hall–Kier alpha value is -0.380. The van der Waals surface area contributed by atoms with E-state index in [1.165, 1.54) is 29.3 Å². The third-order valence-electron chi connectivity index (χ3n) is 3.73. The SMILES string of the molecule is CC1CC(C)CN(Cc2ccc(CNC(C)C)s2)C1. The summed E-state index contributed by atoms with van der Waals surface area (Å²) in [6.07, 6.45) is 1.39. The van der Waals surface area contributed by atoms with Gasteiger partial charge in [-0.15, -0.1) is 11.3 Å². The van der Waals surface area contributed by atoms with Crippen molar-refractivity contribution in [1.29, 1.82) is 0 Å². The summed E-state index contributed by atoms with van der Waals surface area (Å²) >= 11 is 1.97. The lowest BCUT2D eigenvalue weighted by atomic mass is 9.92. The summed E-state index contributed by atoms with van der Waals surface area (Å²) in [5, 5.41) is 3.49. The topological polar surface area (TPSA) is 15.3 Å². The van der Waals surface area contributed by atoms with Gasteiger partial charge in [0.15, 0.2) is 0 Å². The van der Waals surface area contributed by atoms with Crippen molar-refractivity contribution in [1.82, 2.24) is 10.2 Å². The molecular formula is C16H28N2S. The van der Waals surface area contributed by atoms with Gasteiger partial charge in [0.05, 0.1) is 0 Å². The average Bonchev–Trinajstić information content (AvgIpc) is 2.72. The fraction of sp³-hybridized carbons (Fsp3) is 0.750. The highest BCUT2D eigenvalue weighted by atomic mass is 32.1. The quantitative estimate of drug-likeness (QED) is 0.884. The van der Waals surface area contributed by atoms with Gasteiger partial charge in [-0.1, -0.05) is 27.7 Å². The molecule has 2 nitrogen and oxygen atoms in total. The fourth-order valence-electron chi connectivity index (χ4n) is 3.05. The summed E-state index contributed by atoms with van der Waals surface area (Å²) < 4.78 is 0. The van der Waals surface area contributed by atoms with Crippen molar-refractivity contribution in [3.8, 4) is 0 Å². The Kier molecular flexibility index (Phi) is 5.43. The molecule has 2 unspecified atom stereocenters. The molecule has 1 aromatic rings. The lowest BCUT2D eigenvalue weighted by Gasteiger charge is -2.34. The summed E-state index contributed by atoms with van der Waals surface area (Å²) in [5.74, 6) is 1.71. The molecule has 0 radical (unpaired) electrons. The molecule has 2 heterocycles. The number of hydrogen-bond donors (Lipinski definition) is 1. The van der Waals surface area contributed by atoms with Gasteiger partial charge in [0, 0.05) is 42.0 Å². The number of likely N-dealkylation sites (tertiary alicyclic amines) is 1. The number of nitrogens with zero attached hydrogens (tertiary/aromatic N) is 1. The number of hydrogen-bond acceptors (Lipinski definition) is 3. The number of thiophene rings is 1. The standard InChI is InChI=1S/C16H28N2S/c1-12(2)17-8-15-5-6-16(19-15)11-18-9-13(3)7-14(4)10-18/h5-6,12-14,17H,7-11H2,1-4H3. The van der Waals surface area contributed by atoms with Crippen molar-refractivity contribution in [3.63, 3.8) is 0 Å². The van der Waals surface area contributed by atoms with Crippen LogP contribution in [0.4, 0.5) is 0 Å². The van der Waals surface area contributed by atoms with Gasteiger partial charge >= 0.3 is 0 Å². The molecule has 2 atom stereocenters. The normalized spacial score (nSPS) is 25.1. The molecule has 3 heteroatoms. The highest BCUT2D eigenvalue weighted by Crippen LogP contribution is 2.25. The summed E-state index contributed by atoms with van der Waals surface area (Å²) in [7, 11) is 0. The molecule has 1 aliphatic rings. The van der Waals surface area contributed by atoms with Crippen LogP contribution in [0.5, 0.6) is 0 Å². The van der Waals surface area contributed by atoms with Crippen LogP contribution in [0.3, 0.4) is 0 Å². The van der Waals surface area contributed by atoms with Crippen LogP contribution in [-0.4, -0.2) is 24.0 Å². The molecule has 2 rings (SSSR count). The van der Waals surface area contributed by atoms with Crippen LogP contribution in [0.25, 0.3) is 0 Å². The molecule has 1 aromatic heterocycles. The predicted octanol–water partition coefficient (Wildman–Crippen LogP) is 3.72. The highest BCUT2D eigenvalue weighted by Gasteiger charge is 2.21. The minimum atomic E-state index is 0.564. The maximum atomic E-state index is 3.49. The Bertz CT molecular complexity index is 376. The zero-order chi connectivity index (χ0) is 13.8. The predicted molar refractivity (Wildman–Crippen MR) is 84.5 cm³/mol. The Balaban J connectivity index is 1.85. The van der Waals surface area contributed by atoms with Crippen LogP contribution in [0, 0.1) is 11.8 Å². The van der Waals surface area contributed by atoms with Gasteiger partial charge in [-0.25, -0.2) is 0 Å². The second-order valence-corrected chi connectivity index (χ2v) is 7.80. The van der Waals surface area contributed by atoms with Crippen molar-refractivity contribution >= 4 is 11.3 Å². The van der Waals surface area contributed by atoms with E-state index in [2.05, 4.69) is 50.0 Å². The van der Waals surface area contributed by atoms with Gasteiger partial charge in [-0.2, -0.15) is 0 Å². The monoisotopic (exact) mass is 280 g/mol. The molecule has 108 valence electrons. The van der Waals surface area contributed by atoms with E-state index >= 15 is 0 Å². The van der Waals surface area contributed by atoms with Gasteiger partial charge in [0.1, 0.15) is 0 Å². The number of rotatable bonds is 5. The first kappa shape index (κ1) is 15.0. The third kappa shape index (κ3) is 4.90. The summed E-state index contributed by atoms with van der Waals surface area (Å²) in [6, 6.07) is 5.16. The van der Waals surface area contributed by atoms with E-state index in [1.807, 2.05) is 11.3 Å².